The molecule has 0 unspecified atom stereocenters. The van der Waals surface area contributed by atoms with Crippen molar-refractivity contribution in [2.75, 3.05) is 6.61 Å². The van der Waals surface area contributed by atoms with Gasteiger partial charge < -0.3 is 9.15 Å². The van der Waals surface area contributed by atoms with Gasteiger partial charge in [-0.3, -0.25) is 4.79 Å². The molecule has 0 aliphatic carbocycles. The first-order chi connectivity index (χ1) is 12.6. The lowest BCUT2D eigenvalue weighted by Crippen LogP contribution is -2.24. The summed E-state index contributed by atoms with van der Waals surface area (Å²) in [7, 11) is 0. The minimum absolute atomic E-state index is 0.204. The van der Waals surface area contributed by atoms with Gasteiger partial charge in [-0.1, -0.05) is 47.5 Å². The topological polar surface area (TPSA) is 63.8 Å². The Morgan fingerprint density at radius 3 is 2.54 bits per heavy atom. The van der Waals surface area contributed by atoms with E-state index >= 15 is 0 Å². The van der Waals surface area contributed by atoms with Crippen LogP contribution >= 0.6 is 23.2 Å². The Morgan fingerprint density at radius 2 is 1.77 bits per heavy atom. The Kier molecular flexibility index (Phi) is 5.94. The van der Waals surface area contributed by atoms with Crippen LogP contribution in [-0.2, 0) is 4.79 Å². The van der Waals surface area contributed by atoms with Crippen LogP contribution in [0, 0.1) is 0 Å². The first kappa shape index (κ1) is 18.0. The lowest BCUT2D eigenvalue weighted by atomic mass is 10.2. The molecule has 0 aliphatic rings. The molecule has 2 aromatic carbocycles. The maximum atomic E-state index is 11.7. The number of benzene rings is 2. The van der Waals surface area contributed by atoms with E-state index < -0.39 is 5.91 Å². The van der Waals surface area contributed by atoms with Crippen molar-refractivity contribution in [1.82, 2.24) is 5.43 Å². The number of rotatable bonds is 6. The summed E-state index contributed by atoms with van der Waals surface area (Å²) in [6, 6.07) is 17.8. The van der Waals surface area contributed by atoms with Gasteiger partial charge in [0.25, 0.3) is 5.91 Å². The Balaban J connectivity index is 1.53. The molecule has 3 aromatic rings. The molecule has 0 spiro atoms. The van der Waals surface area contributed by atoms with E-state index in [4.69, 9.17) is 32.4 Å². The van der Waals surface area contributed by atoms with Crippen LogP contribution in [0.15, 0.2) is 70.2 Å². The lowest BCUT2D eigenvalue weighted by molar-refractivity contribution is -0.123. The highest BCUT2D eigenvalue weighted by Crippen LogP contribution is 2.28. The number of para-hydroxylation sites is 1. The number of carbonyl (C=O) groups excluding carboxylic acids is 1. The van der Waals surface area contributed by atoms with E-state index in [9.17, 15) is 4.79 Å². The first-order valence-corrected chi connectivity index (χ1v) is 8.43. The number of hydrazone groups is 1. The molecule has 0 atom stereocenters. The van der Waals surface area contributed by atoms with Gasteiger partial charge in [-0.05, 0) is 36.4 Å². The van der Waals surface area contributed by atoms with Crippen LogP contribution in [0.1, 0.15) is 5.76 Å². The van der Waals surface area contributed by atoms with Gasteiger partial charge in [0.15, 0.2) is 6.61 Å². The van der Waals surface area contributed by atoms with Gasteiger partial charge in [0.05, 0.1) is 16.3 Å². The number of hydrogen-bond acceptors (Lipinski definition) is 4. The molecule has 1 N–H and O–H groups in total. The van der Waals surface area contributed by atoms with Crippen molar-refractivity contribution < 1.29 is 13.9 Å². The summed E-state index contributed by atoms with van der Waals surface area (Å²) in [5, 5.41) is 4.87. The van der Waals surface area contributed by atoms with Crippen molar-refractivity contribution >= 4 is 35.3 Å². The zero-order chi connectivity index (χ0) is 18.4. The number of hydrogen-bond donors (Lipinski definition) is 1. The molecular weight excluding hydrogens is 375 g/mol. The molecule has 0 saturated heterocycles. The number of nitrogens with zero attached hydrogens (tertiary/aromatic N) is 1. The molecule has 3 rings (SSSR count). The fourth-order valence-electron chi connectivity index (χ4n) is 2.13. The molecule has 0 radical (unpaired) electrons. The Bertz CT molecular complexity index is 938. The minimum Gasteiger partial charge on any atom is -0.482 e. The average Bonchev–Trinajstić information content (AvgIpc) is 3.10. The molecule has 1 heterocycles. The van der Waals surface area contributed by atoms with Crippen LogP contribution in [0.5, 0.6) is 5.75 Å². The van der Waals surface area contributed by atoms with Crippen molar-refractivity contribution in [3.8, 4) is 17.1 Å². The maximum Gasteiger partial charge on any atom is 0.277 e. The molecule has 0 bridgehead atoms. The van der Waals surface area contributed by atoms with Crippen molar-refractivity contribution in [2.45, 2.75) is 0 Å². The van der Waals surface area contributed by atoms with E-state index in [1.54, 1.807) is 42.5 Å². The summed E-state index contributed by atoms with van der Waals surface area (Å²) >= 11 is 12.1. The molecule has 5 nitrogen and oxygen atoms in total. The second kappa shape index (κ2) is 8.56. The monoisotopic (exact) mass is 388 g/mol. The molecule has 26 heavy (non-hydrogen) atoms. The molecule has 7 heteroatoms. The van der Waals surface area contributed by atoms with E-state index in [-0.39, 0.29) is 6.61 Å². The summed E-state index contributed by atoms with van der Waals surface area (Å²) in [6.07, 6.45) is 1.40. The number of furan rings is 1. The van der Waals surface area contributed by atoms with E-state index in [2.05, 4.69) is 10.5 Å². The number of ether oxygens (including phenoxy) is 1. The first-order valence-electron chi connectivity index (χ1n) is 7.67. The molecule has 0 aliphatic heterocycles. The smallest absolute Gasteiger partial charge is 0.277 e. The van der Waals surface area contributed by atoms with E-state index in [0.717, 1.165) is 5.56 Å². The lowest BCUT2D eigenvalue weighted by Gasteiger charge is -2.06. The van der Waals surface area contributed by atoms with Crippen LogP contribution in [0.3, 0.4) is 0 Å². The second-order valence-corrected chi connectivity index (χ2v) is 6.01. The fourth-order valence-corrected chi connectivity index (χ4v) is 2.55. The largest absolute Gasteiger partial charge is 0.482 e. The third-order valence-electron chi connectivity index (χ3n) is 3.34. The van der Waals surface area contributed by atoms with Gasteiger partial charge >= 0.3 is 0 Å². The van der Waals surface area contributed by atoms with Gasteiger partial charge in [0.2, 0.25) is 0 Å². The number of amides is 1. The minimum atomic E-state index is -0.418. The zero-order valence-corrected chi connectivity index (χ0v) is 15.0. The standard InChI is InChI=1S/C19H14Cl2N2O3/c20-15-6-2-1-5-14(15)17-10-9-13(26-17)11-22-23-19(24)12-25-18-8-4-3-7-16(18)21/h1-11H,12H2,(H,23,24)/b22-11+. The third kappa shape index (κ3) is 4.65. The van der Waals surface area contributed by atoms with E-state index in [1.807, 2.05) is 18.2 Å². The third-order valence-corrected chi connectivity index (χ3v) is 3.98. The van der Waals surface area contributed by atoms with Crippen LogP contribution < -0.4 is 10.2 Å². The molecule has 0 saturated carbocycles. The Labute approximate surface area is 160 Å². The quantitative estimate of drug-likeness (QED) is 0.487. The van der Waals surface area contributed by atoms with Gasteiger partial charge in [0.1, 0.15) is 17.3 Å². The molecule has 1 aromatic heterocycles. The van der Waals surface area contributed by atoms with Crippen molar-refractivity contribution in [3.05, 3.63) is 76.5 Å². The van der Waals surface area contributed by atoms with Crippen LogP contribution in [0.2, 0.25) is 10.0 Å². The number of carbonyl (C=O) groups is 1. The van der Waals surface area contributed by atoms with E-state index in [0.29, 0.717) is 27.3 Å². The zero-order valence-electron chi connectivity index (χ0n) is 13.5. The number of nitrogens with one attached hydrogen (secondary N) is 1. The predicted molar refractivity (Wildman–Crippen MR) is 102 cm³/mol. The van der Waals surface area contributed by atoms with Gasteiger partial charge in [-0.15, -0.1) is 0 Å². The predicted octanol–water partition coefficient (Wildman–Crippen LogP) is 4.78. The van der Waals surface area contributed by atoms with Crippen LogP contribution in [0.25, 0.3) is 11.3 Å². The second-order valence-electron chi connectivity index (χ2n) is 5.19. The van der Waals surface area contributed by atoms with E-state index in [1.165, 1.54) is 6.21 Å². The summed E-state index contributed by atoms with van der Waals surface area (Å²) in [5.41, 5.74) is 3.14. The average molecular weight is 389 g/mol. The van der Waals surface area contributed by atoms with Crippen molar-refractivity contribution in [1.29, 1.82) is 0 Å². The highest BCUT2D eigenvalue weighted by molar-refractivity contribution is 6.33. The van der Waals surface area contributed by atoms with Gasteiger partial charge in [-0.25, -0.2) is 5.43 Å². The SMILES string of the molecule is O=C(COc1ccccc1Cl)N/N=C/c1ccc(-c2ccccc2Cl)o1. The summed E-state index contributed by atoms with van der Waals surface area (Å²) in [5.74, 6) is 1.11. The summed E-state index contributed by atoms with van der Waals surface area (Å²) < 4.78 is 11.0. The van der Waals surface area contributed by atoms with Crippen molar-refractivity contribution in [3.63, 3.8) is 0 Å². The highest BCUT2D eigenvalue weighted by atomic mass is 35.5. The van der Waals surface area contributed by atoms with Crippen molar-refractivity contribution in [2.24, 2.45) is 5.10 Å². The van der Waals surface area contributed by atoms with Gasteiger partial charge in [-0.2, -0.15) is 5.10 Å². The maximum absolute atomic E-state index is 11.7. The Morgan fingerprint density at radius 1 is 1.04 bits per heavy atom. The summed E-state index contributed by atoms with van der Waals surface area (Å²) in [6.45, 7) is -0.204. The van der Waals surface area contributed by atoms with Crippen LogP contribution in [-0.4, -0.2) is 18.7 Å². The summed E-state index contributed by atoms with van der Waals surface area (Å²) in [4.78, 5) is 11.7. The number of halogens is 2. The molecule has 1 amide bonds. The molecular formula is C19H14Cl2N2O3. The fraction of sp³-hybridized carbons (Fsp3) is 0.0526. The normalized spacial score (nSPS) is 10.8. The van der Waals surface area contributed by atoms with Gasteiger partial charge in [0, 0.05) is 5.56 Å². The Hall–Kier alpha value is -2.76. The molecule has 132 valence electrons. The highest BCUT2D eigenvalue weighted by Gasteiger charge is 2.07. The molecule has 0 fully saturated rings. The van der Waals surface area contributed by atoms with Crippen LogP contribution in [0.4, 0.5) is 0 Å².